The molecule has 0 aliphatic carbocycles. The van der Waals surface area contributed by atoms with Crippen LogP contribution in [-0.4, -0.2) is 5.54 Å². The Kier molecular flexibility index (Phi) is 4.33. The molecule has 0 heterocycles. The van der Waals surface area contributed by atoms with E-state index in [2.05, 4.69) is 4.72 Å². The number of aryl methyl sites for hydroxylation is 1. The maximum absolute atomic E-state index is 12.8. The summed E-state index contributed by atoms with van der Waals surface area (Å²) in [5, 5.41) is 0. The maximum Gasteiger partial charge on any atom is 0.264 e. The van der Waals surface area contributed by atoms with Crippen molar-refractivity contribution in [2.45, 2.75) is 44.6 Å². The van der Waals surface area contributed by atoms with Gasteiger partial charge in [-0.3, -0.25) is 4.72 Å². The zero-order valence-electron chi connectivity index (χ0n) is 9.97. The van der Waals surface area contributed by atoms with Crippen LogP contribution in [0.3, 0.4) is 0 Å². The molecule has 16 heavy (non-hydrogen) atoms. The topological polar surface area (TPSA) is 12.0 Å². The van der Waals surface area contributed by atoms with Gasteiger partial charge in [-0.2, -0.15) is 0 Å². The van der Waals surface area contributed by atoms with Crippen molar-refractivity contribution in [2.24, 2.45) is 0 Å². The Morgan fingerprint density at radius 2 is 1.88 bits per heavy atom. The molecule has 0 bridgehead atoms. The number of rotatable bonds is 3. The van der Waals surface area contributed by atoms with Crippen LogP contribution in [0.5, 0.6) is 0 Å². The highest BCUT2D eigenvalue weighted by Gasteiger charge is 2.16. The SMILES string of the molecule is Cc1ccc(SNC(C)(C)C)c(C(F)F)c1. The van der Waals surface area contributed by atoms with E-state index in [0.29, 0.717) is 4.90 Å². The molecule has 1 N–H and O–H groups in total. The lowest BCUT2D eigenvalue weighted by Gasteiger charge is -2.20. The highest BCUT2D eigenvalue weighted by Crippen LogP contribution is 2.30. The normalized spacial score (nSPS) is 12.2. The van der Waals surface area contributed by atoms with Gasteiger partial charge in [-0.15, -0.1) is 0 Å². The molecule has 0 saturated heterocycles. The van der Waals surface area contributed by atoms with Crippen molar-refractivity contribution in [1.82, 2.24) is 4.72 Å². The summed E-state index contributed by atoms with van der Waals surface area (Å²) in [5.74, 6) is 0. The predicted octanol–water partition coefficient (Wildman–Crippen LogP) is 4.33. The monoisotopic (exact) mass is 245 g/mol. The van der Waals surface area contributed by atoms with E-state index >= 15 is 0 Å². The third kappa shape index (κ3) is 4.10. The summed E-state index contributed by atoms with van der Waals surface area (Å²) in [7, 11) is 0. The Balaban J connectivity index is 2.87. The van der Waals surface area contributed by atoms with E-state index in [1.54, 1.807) is 6.07 Å². The number of alkyl halides is 2. The van der Waals surface area contributed by atoms with Gasteiger partial charge in [0.25, 0.3) is 6.43 Å². The molecule has 0 radical (unpaired) electrons. The minimum absolute atomic E-state index is 0.0988. The Morgan fingerprint density at radius 3 is 2.38 bits per heavy atom. The molecular formula is C12H17F2NS. The van der Waals surface area contributed by atoms with E-state index in [1.165, 1.54) is 18.0 Å². The van der Waals surface area contributed by atoms with Gasteiger partial charge in [-0.25, -0.2) is 8.78 Å². The van der Waals surface area contributed by atoms with Crippen molar-refractivity contribution >= 4 is 11.9 Å². The molecule has 1 rings (SSSR count). The van der Waals surface area contributed by atoms with Gasteiger partial charge in [0.15, 0.2) is 0 Å². The van der Waals surface area contributed by atoms with Crippen molar-refractivity contribution in [3.8, 4) is 0 Å². The average molecular weight is 245 g/mol. The van der Waals surface area contributed by atoms with Crippen molar-refractivity contribution in [3.63, 3.8) is 0 Å². The van der Waals surface area contributed by atoms with E-state index in [0.717, 1.165) is 5.56 Å². The molecule has 4 heteroatoms. The molecule has 0 spiro atoms. The smallest absolute Gasteiger partial charge is 0.255 e. The first kappa shape index (κ1) is 13.5. The number of halogens is 2. The fourth-order valence-corrected chi connectivity index (χ4v) is 1.96. The second-order valence-corrected chi connectivity index (χ2v) is 5.64. The first-order valence-corrected chi connectivity index (χ1v) is 5.94. The Bertz CT molecular complexity index is 359. The molecular weight excluding hydrogens is 228 g/mol. The van der Waals surface area contributed by atoms with E-state index in [1.807, 2.05) is 33.8 Å². The first-order chi connectivity index (χ1) is 7.29. The Morgan fingerprint density at radius 1 is 1.25 bits per heavy atom. The summed E-state index contributed by atoms with van der Waals surface area (Å²) in [6.45, 7) is 7.81. The van der Waals surface area contributed by atoms with Crippen LogP contribution >= 0.6 is 11.9 Å². The molecule has 1 nitrogen and oxygen atoms in total. The molecule has 1 aromatic rings. The second kappa shape index (κ2) is 5.15. The number of nitrogens with one attached hydrogen (secondary N) is 1. The zero-order chi connectivity index (χ0) is 12.3. The Labute approximate surface area is 99.8 Å². The molecule has 1 aromatic carbocycles. The lowest BCUT2D eigenvalue weighted by molar-refractivity contribution is 0.148. The standard InChI is InChI=1S/C12H17F2NS/c1-8-5-6-10(9(7-8)11(13)14)16-15-12(2,3)4/h5-7,11,15H,1-4H3. The fourth-order valence-electron chi connectivity index (χ4n) is 1.14. The van der Waals surface area contributed by atoms with Crippen molar-refractivity contribution in [2.75, 3.05) is 0 Å². The van der Waals surface area contributed by atoms with Crippen LogP contribution in [0.4, 0.5) is 8.78 Å². The number of hydrogen-bond donors (Lipinski definition) is 1. The summed E-state index contributed by atoms with van der Waals surface area (Å²) in [5.41, 5.74) is 0.853. The van der Waals surface area contributed by atoms with Gasteiger partial charge >= 0.3 is 0 Å². The van der Waals surface area contributed by atoms with E-state index < -0.39 is 6.43 Å². The average Bonchev–Trinajstić information content (AvgIpc) is 2.14. The van der Waals surface area contributed by atoms with Crippen LogP contribution < -0.4 is 4.72 Å². The van der Waals surface area contributed by atoms with Crippen LogP contribution in [0.2, 0.25) is 0 Å². The molecule has 0 atom stereocenters. The summed E-state index contributed by atoms with van der Waals surface area (Å²) < 4.78 is 28.7. The minimum Gasteiger partial charge on any atom is -0.255 e. The van der Waals surface area contributed by atoms with Crippen LogP contribution in [-0.2, 0) is 0 Å². The van der Waals surface area contributed by atoms with E-state index in [-0.39, 0.29) is 11.1 Å². The maximum atomic E-state index is 12.8. The summed E-state index contributed by atoms with van der Waals surface area (Å²) in [6.07, 6.45) is -2.43. The third-order valence-electron chi connectivity index (χ3n) is 1.87. The highest BCUT2D eigenvalue weighted by atomic mass is 32.2. The quantitative estimate of drug-likeness (QED) is 0.795. The van der Waals surface area contributed by atoms with Gasteiger partial charge in [0, 0.05) is 16.0 Å². The molecule has 0 unspecified atom stereocenters. The van der Waals surface area contributed by atoms with Crippen LogP contribution in [0.15, 0.2) is 23.1 Å². The number of hydrogen-bond acceptors (Lipinski definition) is 2. The van der Waals surface area contributed by atoms with Gasteiger partial charge in [0.05, 0.1) is 0 Å². The highest BCUT2D eigenvalue weighted by molar-refractivity contribution is 7.97. The molecule has 90 valence electrons. The third-order valence-corrected chi connectivity index (χ3v) is 3.17. The Hall–Kier alpha value is -0.610. The zero-order valence-corrected chi connectivity index (χ0v) is 10.8. The summed E-state index contributed by atoms with van der Waals surface area (Å²) in [6, 6.07) is 5.12. The lowest BCUT2D eigenvalue weighted by Crippen LogP contribution is -2.29. The largest absolute Gasteiger partial charge is 0.264 e. The molecule has 0 aliphatic rings. The van der Waals surface area contributed by atoms with Crippen molar-refractivity contribution in [1.29, 1.82) is 0 Å². The molecule has 0 saturated carbocycles. The summed E-state index contributed by atoms with van der Waals surface area (Å²) in [4.78, 5) is 0.593. The predicted molar refractivity (Wildman–Crippen MR) is 64.9 cm³/mol. The van der Waals surface area contributed by atoms with Gasteiger partial charge in [-0.05, 0) is 51.8 Å². The first-order valence-electron chi connectivity index (χ1n) is 5.12. The molecule has 0 fully saturated rings. The second-order valence-electron chi connectivity index (χ2n) is 4.80. The fraction of sp³-hybridized carbons (Fsp3) is 0.500. The van der Waals surface area contributed by atoms with Gasteiger partial charge in [0.2, 0.25) is 0 Å². The lowest BCUT2D eigenvalue weighted by atomic mass is 10.1. The van der Waals surface area contributed by atoms with Gasteiger partial charge in [0.1, 0.15) is 0 Å². The molecule has 0 aliphatic heterocycles. The van der Waals surface area contributed by atoms with Gasteiger partial charge < -0.3 is 0 Å². The van der Waals surface area contributed by atoms with E-state index in [4.69, 9.17) is 0 Å². The van der Waals surface area contributed by atoms with E-state index in [9.17, 15) is 8.78 Å². The van der Waals surface area contributed by atoms with Crippen LogP contribution in [0, 0.1) is 6.92 Å². The molecule has 0 amide bonds. The van der Waals surface area contributed by atoms with Gasteiger partial charge in [-0.1, -0.05) is 11.6 Å². The van der Waals surface area contributed by atoms with Crippen LogP contribution in [0.1, 0.15) is 38.3 Å². The molecule has 0 aromatic heterocycles. The van der Waals surface area contributed by atoms with Crippen molar-refractivity contribution in [3.05, 3.63) is 29.3 Å². The van der Waals surface area contributed by atoms with Crippen LogP contribution in [0.25, 0.3) is 0 Å². The number of benzene rings is 1. The van der Waals surface area contributed by atoms with Crippen molar-refractivity contribution < 1.29 is 8.78 Å². The minimum atomic E-state index is -2.43. The summed E-state index contributed by atoms with van der Waals surface area (Å²) >= 11 is 1.26.